The molecule has 1 aromatic heterocycles. The summed E-state index contributed by atoms with van der Waals surface area (Å²) in [5, 5.41) is 3.25. The highest BCUT2D eigenvalue weighted by atomic mass is 79.9. The lowest BCUT2D eigenvalue weighted by molar-refractivity contribution is 0.452. The summed E-state index contributed by atoms with van der Waals surface area (Å²) < 4.78 is 7.83. The highest BCUT2D eigenvalue weighted by Gasteiger charge is 2.13. The van der Waals surface area contributed by atoms with Crippen LogP contribution in [0.3, 0.4) is 0 Å². The fourth-order valence-corrected chi connectivity index (χ4v) is 2.93. The number of aryl methyl sites for hydroxylation is 1. The van der Waals surface area contributed by atoms with Gasteiger partial charge < -0.3 is 10.1 Å². The van der Waals surface area contributed by atoms with Gasteiger partial charge in [-0.3, -0.25) is 0 Å². The van der Waals surface area contributed by atoms with Gasteiger partial charge in [0.1, 0.15) is 17.4 Å². The smallest absolute Gasteiger partial charge is 0.227 e. The first-order chi connectivity index (χ1) is 10.0. The summed E-state index contributed by atoms with van der Waals surface area (Å²) in [5.74, 6) is 2.90. The SMILES string of the molecule is CCNc1nc(CC)nc(Oc2ccc(Br)cc2Br)c1C. The highest BCUT2D eigenvalue weighted by Crippen LogP contribution is 2.33. The molecular weight excluding hydrogens is 398 g/mol. The third-order valence-electron chi connectivity index (χ3n) is 2.91. The van der Waals surface area contributed by atoms with Crippen molar-refractivity contribution in [2.45, 2.75) is 27.2 Å². The molecule has 21 heavy (non-hydrogen) atoms. The topological polar surface area (TPSA) is 47.0 Å². The molecule has 0 saturated carbocycles. The van der Waals surface area contributed by atoms with Crippen molar-refractivity contribution < 1.29 is 4.74 Å². The van der Waals surface area contributed by atoms with Crippen LogP contribution in [0, 0.1) is 6.92 Å². The number of nitrogens with one attached hydrogen (secondary N) is 1. The monoisotopic (exact) mass is 413 g/mol. The predicted octanol–water partition coefficient (Wildman–Crippen LogP) is 5.10. The fourth-order valence-electron chi connectivity index (χ4n) is 1.80. The molecule has 4 nitrogen and oxygen atoms in total. The first kappa shape index (κ1) is 16.2. The molecule has 2 rings (SSSR count). The number of nitrogens with zero attached hydrogens (tertiary/aromatic N) is 2. The molecule has 6 heteroatoms. The second kappa shape index (κ2) is 7.22. The van der Waals surface area contributed by atoms with E-state index in [0.29, 0.717) is 5.88 Å². The van der Waals surface area contributed by atoms with Gasteiger partial charge in [-0.25, -0.2) is 4.98 Å². The Bertz CT molecular complexity index is 647. The van der Waals surface area contributed by atoms with E-state index in [9.17, 15) is 0 Å². The first-order valence-corrected chi connectivity index (χ1v) is 8.38. The summed E-state index contributed by atoms with van der Waals surface area (Å²) in [6, 6.07) is 5.77. The van der Waals surface area contributed by atoms with Crippen LogP contribution in [0.2, 0.25) is 0 Å². The zero-order valence-corrected chi connectivity index (χ0v) is 15.4. The lowest BCUT2D eigenvalue weighted by Gasteiger charge is -2.14. The molecule has 1 heterocycles. The lowest BCUT2D eigenvalue weighted by atomic mass is 10.3. The van der Waals surface area contributed by atoms with Crippen molar-refractivity contribution >= 4 is 37.7 Å². The van der Waals surface area contributed by atoms with Crippen molar-refractivity contribution in [1.29, 1.82) is 0 Å². The molecule has 0 bridgehead atoms. The Kier molecular flexibility index (Phi) is 5.58. The van der Waals surface area contributed by atoms with Gasteiger partial charge in [0.05, 0.1) is 10.0 Å². The molecule has 0 unspecified atom stereocenters. The standard InChI is InChI=1S/C15H17Br2N3O/c1-4-13-19-14(18-5-2)9(3)15(20-13)21-12-7-6-10(16)8-11(12)17/h6-8H,4-5H2,1-3H3,(H,18,19,20). The van der Waals surface area contributed by atoms with Crippen LogP contribution in [0.1, 0.15) is 25.2 Å². The van der Waals surface area contributed by atoms with Crippen molar-refractivity contribution in [2.24, 2.45) is 0 Å². The van der Waals surface area contributed by atoms with Gasteiger partial charge in [0.25, 0.3) is 0 Å². The lowest BCUT2D eigenvalue weighted by Crippen LogP contribution is -2.07. The maximum absolute atomic E-state index is 5.97. The van der Waals surface area contributed by atoms with Crippen LogP contribution in [0.5, 0.6) is 11.6 Å². The highest BCUT2D eigenvalue weighted by molar-refractivity contribution is 9.11. The van der Waals surface area contributed by atoms with E-state index < -0.39 is 0 Å². The third kappa shape index (κ3) is 3.95. The van der Waals surface area contributed by atoms with E-state index in [4.69, 9.17) is 4.74 Å². The molecule has 0 aliphatic heterocycles. The average Bonchev–Trinajstić information content (AvgIpc) is 2.46. The minimum atomic E-state index is 0.584. The van der Waals surface area contributed by atoms with E-state index in [0.717, 1.165) is 44.9 Å². The Morgan fingerprint density at radius 2 is 1.95 bits per heavy atom. The molecule has 112 valence electrons. The van der Waals surface area contributed by atoms with Crippen molar-refractivity contribution in [3.05, 3.63) is 38.5 Å². The van der Waals surface area contributed by atoms with E-state index in [-0.39, 0.29) is 0 Å². The normalized spacial score (nSPS) is 10.5. The Hall–Kier alpha value is -1.14. The van der Waals surface area contributed by atoms with Gasteiger partial charge in [-0.1, -0.05) is 22.9 Å². The maximum atomic E-state index is 5.97. The van der Waals surface area contributed by atoms with Crippen LogP contribution in [0.25, 0.3) is 0 Å². The molecule has 0 fully saturated rings. The zero-order valence-electron chi connectivity index (χ0n) is 12.2. The number of halogens is 2. The molecule has 0 amide bonds. The molecule has 0 saturated heterocycles. The minimum absolute atomic E-state index is 0.584. The van der Waals surface area contributed by atoms with Crippen LogP contribution in [-0.2, 0) is 6.42 Å². The summed E-state index contributed by atoms with van der Waals surface area (Å²) in [7, 11) is 0. The molecule has 0 radical (unpaired) electrons. The van der Waals surface area contributed by atoms with Gasteiger partial charge >= 0.3 is 0 Å². The Morgan fingerprint density at radius 3 is 2.57 bits per heavy atom. The number of anilines is 1. The molecule has 2 aromatic rings. The van der Waals surface area contributed by atoms with Crippen LogP contribution in [-0.4, -0.2) is 16.5 Å². The molecule has 0 aliphatic rings. The number of hydrogen-bond donors (Lipinski definition) is 1. The summed E-state index contributed by atoms with van der Waals surface area (Å²) >= 11 is 6.93. The van der Waals surface area contributed by atoms with Crippen LogP contribution < -0.4 is 10.1 Å². The molecule has 0 spiro atoms. The first-order valence-electron chi connectivity index (χ1n) is 6.79. The fraction of sp³-hybridized carbons (Fsp3) is 0.333. The predicted molar refractivity (Wildman–Crippen MR) is 92.2 cm³/mol. The quantitative estimate of drug-likeness (QED) is 0.739. The van der Waals surface area contributed by atoms with Crippen molar-refractivity contribution in [3.8, 4) is 11.6 Å². The minimum Gasteiger partial charge on any atom is -0.437 e. The third-order valence-corrected chi connectivity index (χ3v) is 4.02. The van der Waals surface area contributed by atoms with E-state index in [1.807, 2.05) is 39.0 Å². The number of rotatable bonds is 5. The molecular formula is C15H17Br2N3O. The van der Waals surface area contributed by atoms with Gasteiger partial charge in [0.2, 0.25) is 5.88 Å². The summed E-state index contributed by atoms with van der Waals surface area (Å²) in [5.41, 5.74) is 0.906. The Labute approximate surface area is 141 Å². The molecule has 1 N–H and O–H groups in total. The molecule has 0 atom stereocenters. The average molecular weight is 415 g/mol. The Balaban J connectivity index is 2.40. The molecule has 0 aliphatic carbocycles. The van der Waals surface area contributed by atoms with Gasteiger partial charge in [-0.2, -0.15) is 4.98 Å². The summed E-state index contributed by atoms with van der Waals surface area (Å²) in [6.45, 7) is 6.83. The number of ether oxygens (including phenoxy) is 1. The number of aromatic nitrogens is 2. The van der Waals surface area contributed by atoms with Gasteiger partial charge in [0.15, 0.2) is 0 Å². The summed E-state index contributed by atoms with van der Waals surface area (Å²) in [6.07, 6.45) is 0.760. The number of benzene rings is 1. The van der Waals surface area contributed by atoms with Crippen LogP contribution in [0.15, 0.2) is 27.1 Å². The zero-order chi connectivity index (χ0) is 15.4. The second-order valence-electron chi connectivity index (χ2n) is 4.48. The van der Waals surface area contributed by atoms with Crippen molar-refractivity contribution in [1.82, 2.24) is 9.97 Å². The summed E-state index contributed by atoms with van der Waals surface area (Å²) in [4.78, 5) is 8.98. The second-order valence-corrected chi connectivity index (χ2v) is 6.25. The molecule has 1 aromatic carbocycles. The van der Waals surface area contributed by atoms with E-state index in [1.54, 1.807) is 0 Å². The van der Waals surface area contributed by atoms with E-state index in [1.165, 1.54) is 0 Å². The van der Waals surface area contributed by atoms with Crippen LogP contribution >= 0.6 is 31.9 Å². The Morgan fingerprint density at radius 1 is 1.19 bits per heavy atom. The maximum Gasteiger partial charge on any atom is 0.227 e. The van der Waals surface area contributed by atoms with Crippen LogP contribution in [0.4, 0.5) is 5.82 Å². The number of hydrogen-bond acceptors (Lipinski definition) is 4. The van der Waals surface area contributed by atoms with Gasteiger partial charge in [-0.15, -0.1) is 0 Å². The van der Waals surface area contributed by atoms with E-state index >= 15 is 0 Å². The van der Waals surface area contributed by atoms with Crippen molar-refractivity contribution in [3.63, 3.8) is 0 Å². The van der Waals surface area contributed by atoms with E-state index in [2.05, 4.69) is 47.1 Å². The largest absolute Gasteiger partial charge is 0.437 e. The van der Waals surface area contributed by atoms with Crippen molar-refractivity contribution in [2.75, 3.05) is 11.9 Å². The van der Waals surface area contributed by atoms with Gasteiger partial charge in [-0.05, 0) is 48.0 Å². The van der Waals surface area contributed by atoms with Gasteiger partial charge in [0, 0.05) is 17.4 Å².